The first-order valence-corrected chi connectivity index (χ1v) is 15.0. The first-order chi connectivity index (χ1) is 19.9. The van der Waals surface area contributed by atoms with Gasteiger partial charge in [0.1, 0.15) is 0 Å². The van der Waals surface area contributed by atoms with E-state index in [1.807, 2.05) is 48.2 Å². The minimum absolute atomic E-state index is 0.0639. The molecule has 41 heavy (non-hydrogen) atoms. The van der Waals surface area contributed by atoms with Gasteiger partial charge in [0, 0.05) is 35.3 Å². The van der Waals surface area contributed by atoms with Crippen molar-refractivity contribution in [1.82, 2.24) is 15.1 Å². The number of carbonyl (C=O) groups excluding carboxylic acids is 2. The Hall–Kier alpha value is -3.60. The minimum Gasteiger partial charge on any atom is -0.336 e. The van der Waals surface area contributed by atoms with Crippen LogP contribution in [0.1, 0.15) is 43.4 Å². The quantitative estimate of drug-likeness (QED) is 0.187. The van der Waals surface area contributed by atoms with Crippen LogP contribution in [0.3, 0.4) is 0 Å². The lowest BCUT2D eigenvalue weighted by Gasteiger charge is -2.40. The number of hydrogen-bond donors (Lipinski definition) is 2. The highest BCUT2D eigenvalue weighted by Gasteiger charge is 2.29. The van der Waals surface area contributed by atoms with E-state index in [-0.39, 0.29) is 23.0 Å². The second-order valence-corrected chi connectivity index (χ2v) is 11.5. The second kappa shape index (κ2) is 13.4. The molecule has 0 saturated carbocycles. The van der Waals surface area contributed by atoms with Crippen molar-refractivity contribution in [1.29, 1.82) is 0 Å². The maximum atomic E-state index is 13.7. The van der Waals surface area contributed by atoms with E-state index in [4.69, 9.17) is 12.2 Å². The van der Waals surface area contributed by atoms with Gasteiger partial charge in [-0.3, -0.25) is 19.8 Å². The highest BCUT2D eigenvalue weighted by Crippen LogP contribution is 2.30. The van der Waals surface area contributed by atoms with E-state index in [2.05, 4.69) is 86.7 Å². The van der Waals surface area contributed by atoms with E-state index in [0.29, 0.717) is 29.9 Å². The van der Waals surface area contributed by atoms with Crippen molar-refractivity contribution in [2.75, 3.05) is 31.5 Å². The van der Waals surface area contributed by atoms with Gasteiger partial charge in [-0.2, -0.15) is 0 Å². The van der Waals surface area contributed by atoms with Crippen LogP contribution in [0.4, 0.5) is 5.69 Å². The van der Waals surface area contributed by atoms with Crippen LogP contribution in [0.15, 0.2) is 103 Å². The van der Waals surface area contributed by atoms with Gasteiger partial charge < -0.3 is 10.2 Å². The van der Waals surface area contributed by atoms with Crippen molar-refractivity contribution in [3.8, 4) is 0 Å². The van der Waals surface area contributed by atoms with E-state index in [1.165, 1.54) is 11.1 Å². The number of thiocarbonyl (C=S) groups is 1. The Bertz CT molecular complexity index is 1500. The summed E-state index contributed by atoms with van der Waals surface area (Å²) in [6.45, 7) is 4.71. The van der Waals surface area contributed by atoms with E-state index in [9.17, 15) is 9.59 Å². The van der Waals surface area contributed by atoms with Gasteiger partial charge >= 0.3 is 0 Å². The summed E-state index contributed by atoms with van der Waals surface area (Å²) in [4.78, 5) is 30.7. The standard InChI is InChI=1S/C33H31IN4O2S/c1-23-16-17-26(22-28(23)34)31(39)36-33(41)35-29-15-9-8-14-27(29)32(40)38-20-18-37(19-21-38)30(24-10-4-2-5-11-24)25-12-6-3-7-13-25/h2-17,22,30H,18-21H2,1H3,(H2,35,36,39,41). The molecule has 0 bridgehead atoms. The number of nitrogens with one attached hydrogen (secondary N) is 2. The molecule has 1 heterocycles. The van der Waals surface area contributed by atoms with Gasteiger partial charge in [-0.15, -0.1) is 0 Å². The average molecular weight is 675 g/mol. The average Bonchev–Trinajstić information content (AvgIpc) is 3.00. The lowest BCUT2D eigenvalue weighted by atomic mass is 9.96. The molecule has 0 radical (unpaired) electrons. The van der Waals surface area contributed by atoms with Crippen LogP contribution in [0.25, 0.3) is 0 Å². The summed E-state index contributed by atoms with van der Waals surface area (Å²) < 4.78 is 1.00. The Morgan fingerprint density at radius 2 is 1.39 bits per heavy atom. The molecule has 1 fully saturated rings. The zero-order valence-corrected chi connectivity index (χ0v) is 25.7. The molecular formula is C33H31IN4O2S. The normalized spacial score (nSPS) is 13.6. The summed E-state index contributed by atoms with van der Waals surface area (Å²) >= 11 is 7.64. The Balaban J connectivity index is 1.25. The third kappa shape index (κ3) is 7.01. The molecule has 2 N–H and O–H groups in total. The van der Waals surface area contributed by atoms with Crippen LogP contribution < -0.4 is 10.6 Å². The molecule has 0 aromatic heterocycles. The molecule has 0 atom stereocenters. The molecule has 2 amide bonds. The van der Waals surface area contributed by atoms with E-state index >= 15 is 0 Å². The lowest BCUT2D eigenvalue weighted by Crippen LogP contribution is -2.50. The number of carbonyl (C=O) groups is 2. The van der Waals surface area contributed by atoms with Crippen LogP contribution in [0.2, 0.25) is 0 Å². The smallest absolute Gasteiger partial charge is 0.257 e. The Labute approximate surface area is 259 Å². The Kier molecular flexibility index (Phi) is 9.43. The predicted octanol–water partition coefficient (Wildman–Crippen LogP) is 6.27. The second-order valence-electron chi connectivity index (χ2n) is 9.97. The fourth-order valence-electron chi connectivity index (χ4n) is 5.08. The van der Waals surface area contributed by atoms with Gasteiger partial charge in [0.15, 0.2) is 5.11 Å². The number of aryl methyl sites for hydroxylation is 1. The molecule has 8 heteroatoms. The van der Waals surface area contributed by atoms with Crippen molar-refractivity contribution in [3.05, 3.63) is 135 Å². The summed E-state index contributed by atoms with van der Waals surface area (Å²) in [6, 6.07) is 33.9. The fourth-order valence-corrected chi connectivity index (χ4v) is 5.80. The van der Waals surface area contributed by atoms with Crippen molar-refractivity contribution in [3.63, 3.8) is 0 Å². The van der Waals surface area contributed by atoms with E-state index < -0.39 is 0 Å². The number of para-hydroxylation sites is 1. The third-order valence-corrected chi connectivity index (χ3v) is 8.63. The predicted molar refractivity (Wildman–Crippen MR) is 176 cm³/mol. The molecule has 1 aliphatic rings. The molecule has 5 rings (SSSR count). The molecule has 1 saturated heterocycles. The summed E-state index contributed by atoms with van der Waals surface area (Å²) in [5.41, 5.74) is 5.19. The molecule has 208 valence electrons. The highest BCUT2D eigenvalue weighted by atomic mass is 127. The monoisotopic (exact) mass is 674 g/mol. The number of anilines is 1. The highest BCUT2D eigenvalue weighted by molar-refractivity contribution is 14.1. The number of rotatable bonds is 6. The number of nitrogens with zero attached hydrogens (tertiary/aromatic N) is 2. The molecule has 0 spiro atoms. The van der Waals surface area contributed by atoms with Gasteiger partial charge in [-0.25, -0.2) is 0 Å². The number of benzene rings is 4. The summed E-state index contributed by atoms with van der Waals surface area (Å²) in [6.07, 6.45) is 0. The Morgan fingerprint density at radius 3 is 2.00 bits per heavy atom. The maximum absolute atomic E-state index is 13.7. The van der Waals surface area contributed by atoms with Crippen LogP contribution in [0.5, 0.6) is 0 Å². The first-order valence-electron chi connectivity index (χ1n) is 13.5. The molecule has 6 nitrogen and oxygen atoms in total. The van der Waals surface area contributed by atoms with Crippen LogP contribution in [-0.2, 0) is 0 Å². The molecule has 0 unspecified atom stereocenters. The van der Waals surface area contributed by atoms with Gasteiger partial charge in [-0.1, -0.05) is 78.9 Å². The first kappa shape index (κ1) is 28.9. The fraction of sp³-hybridized carbons (Fsp3) is 0.182. The summed E-state index contributed by atoms with van der Waals surface area (Å²) in [7, 11) is 0. The molecule has 1 aliphatic heterocycles. The minimum atomic E-state index is -0.299. The van der Waals surface area contributed by atoms with Crippen LogP contribution in [-0.4, -0.2) is 52.9 Å². The molecule has 4 aromatic carbocycles. The lowest BCUT2D eigenvalue weighted by molar-refractivity contribution is 0.0598. The van der Waals surface area contributed by atoms with Crippen molar-refractivity contribution in [2.45, 2.75) is 13.0 Å². The molecule has 0 aliphatic carbocycles. The summed E-state index contributed by atoms with van der Waals surface area (Å²) in [5.74, 6) is -0.363. The number of hydrogen-bond acceptors (Lipinski definition) is 4. The topological polar surface area (TPSA) is 64.7 Å². The molecule has 4 aromatic rings. The van der Waals surface area contributed by atoms with Crippen LogP contribution in [0, 0.1) is 10.5 Å². The van der Waals surface area contributed by atoms with Gasteiger partial charge in [0.25, 0.3) is 11.8 Å². The number of amides is 2. The SMILES string of the molecule is Cc1ccc(C(=O)NC(=S)Nc2ccccc2C(=O)N2CCN(C(c3ccccc3)c3ccccc3)CC2)cc1I. The summed E-state index contributed by atoms with van der Waals surface area (Å²) in [5, 5.41) is 5.94. The molecular weight excluding hydrogens is 643 g/mol. The van der Waals surface area contributed by atoms with Crippen molar-refractivity contribution >= 4 is 57.4 Å². The van der Waals surface area contributed by atoms with E-state index in [0.717, 1.165) is 22.2 Å². The maximum Gasteiger partial charge on any atom is 0.257 e. The zero-order chi connectivity index (χ0) is 28.8. The van der Waals surface area contributed by atoms with Crippen molar-refractivity contribution in [2.24, 2.45) is 0 Å². The van der Waals surface area contributed by atoms with E-state index in [1.54, 1.807) is 18.2 Å². The number of halogens is 1. The van der Waals surface area contributed by atoms with Gasteiger partial charge in [-0.05, 0) is 82.7 Å². The van der Waals surface area contributed by atoms with Crippen molar-refractivity contribution < 1.29 is 9.59 Å². The Morgan fingerprint density at radius 1 is 0.805 bits per heavy atom. The van der Waals surface area contributed by atoms with Gasteiger partial charge in [0.2, 0.25) is 0 Å². The third-order valence-electron chi connectivity index (χ3n) is 7.26. The number of piperazine rings is 1. The van der Waals surface area contributed by atoms with Crippen LogP contribution >= 0.6 is 34.8 Å². The zero-order valence-electron chi connectivity index (χ0n) is 22.7. The largest absolute Gasteiger partial charge is 0.336 e. The van der Waals surface area contributed by atoms with Gasteiger partial charge in [0.05, 0.1) is 17.3 Å².